The lowest BCUT2D eigenvalue weighted by Gasteiger charge is -2.34. The lowest BCUT2D eigenvalue weighted by Crippen LogP contribution is -2.49. The Bertz CT molecular complexity index is 871. The van der Waals surface area contributed by atoms with Crippen molar-refractivity contribution in [2.45, 2.75) is 13.5 Å². The van der Waals surface area contributed by atoms with E-state index in [-0.39, 0.29) is 18.0 Å². The lowest BCUT2D eigenvalue weighted by atomic mass is 10.1. The first-order valence-electron chi connectivity index (χ1n) is 9.36. The highest BCUT2D eigenvalue weighted by Crippen LogP contribution is 2.27. The normalized spacial score (nSPS) is 14.8. The Morgan fingerprint density at radius 1 is 1.07 bits per heavy atom. The van der Waals surface area contributed by atoms with Gasteiger partial charge in [-0.2, -0.15) is 5.10 Å². The molecule has 0 saturated carbocycles. The first-order valence-corrected chi connectivity index (χ1v) is 9.36. The molecule has 0 N–H and O–H groups in total. The van der Waals surface area contributed by atoms with Crippen LogP contribution in [0.4, 0.5) is 0 Å². The van der Waals surface area contributed by atoms with Gasteiger partial charge in [0.1, 0.15) is 18.0 Å². The summed E-state index contributed by atoms with van der Waals surface area (Å²) in [6, 6.07) is 8.66. The largest absolute Gasteiger partial charge is 0.497 e. The molecule has 1 saturated heterocycles. The monoisotopic (exact) mass is 386 g/mol. The Morgan fingerprint density at radius 3 is 2.32 bits per heavy atom. The molecule has 0 spiro atoms. The smallest absolute Gasteiger partial charge is 0.270 e. The van der Waals surface area contributed by atoms with E-state index in [1.807, 2.05) is 24.3 Å². The maximum absolute atomic E-state index is 12.7. The van der Waals surface area contributed by atoms with Crippen LogP contribution in [0.5, 0.6) is 11.5 Å². The number of aromatic nitrogens is 2. The zero-order valence-electron chi connectivity index (χ0n) is 16.6. The van der Waals surface area contributed by atoms with Crippen LogP contribution >= 0.6 is 0 Å². The van der Waals surface area contributed by atoms with Crippen LogP contribution in [0.3, 0.4) is 0 Å². The fourth-order valence-corrected chi connectivity index (χ4v) is 3.23. The standard InChI is InChI=1S/C20H26N4O4/c1-4-22-9-11-23(12-10-22)19(26)14-24-18(25)13-17(28-3)20(21-24)15-5-7-16(27-2)8-6-15/h5-8,13H,4,9-12,14H2,1-3H3. The summed E-state index contributed by atoms with van der Waals surface area (Å²) in [6.45, 7) is 6.05. The van der Waals surface area contributed by atoms with E-state index in [2.05, 4.69) is 16.9 Å². The number of amides is 1. The molecule has 1 amide bonds. The van der Waals surface area contributed by atoms with Crippen LogP contribution in [-0.2, 0) is 11.3 Å². The number of benzene rings is 1. The highest BCUT2D eigenvalue weighted by molar-refractivity contribution is 5.76. The average Bonchev–Trinajstić information content (AvgIpc) is 2.75. The number of hydrogen-bond acceptors (Lipinski definition) is 6. The molecule has 0 atom stereocenters. The molecule has 1 aliphatic heterocycles. The highest BCUT2D eigenvalue weighted by atomic mass is 16.5. The fourth-order valence-electron chi connectivity index (χ4n) is 3.23. The van der Waals surface area contributed by atoms with Gasteiger partial charge in [-0.25, -0.2) is 4.68 Å². The van der Waals surface area contributed by atoms with Crippen LogP contribution in [0, 0.1) is 0 Å². The Morgan fingerprint density at radius 2 is 1.75 bits per heavy atom. The van der Waals surface area contributed by atoms with E-state index in [4.69, 9.17) is 9.47 Å². The molecule has 3 rings (SSSR count). The van der Waals surface area contributed by atoms with Gasteiger partial charge in [0.25, 0.3) is 5.56 Å². The zero-order valence-corrected chi connectivity index (χ0v) is 16.6. The number of carbonyl (C=O) groups excluding carboxylic acids is 1. The van der Waals surface area contributed by atoms with Crippen LogP contribution in [0.25, 0.3) is 11.3 Å². The summed E-state index contributed by atoms with van der Waals surface area (Å²) < 4.78 is 11.7. The van der Waals surface area contributed by atoms with Crippen molar-refractivity contribution in [2.75, 3.05) is 46.9 Å². The van der Waals surface area contributed by atoms with Crippen molar-refractivity contribution in [3.8, 4) is 22.8 Å². The lowest BCUT2D eigenvalue weighted by molar-refractivity contribution is -0.133. The number of carbonyl (C=O) groups is 1. The van der Waals surface area contributed by atoms with Gasteiger partial charge in [-0.15, -0.1) is 0 Å². The highest BCUT2D eigenvalue weighted by Gasteiger charge is 2.21. The molecule has 2 aromatic rings. The second-order valence-electron chi connectivity index (χ2n) is 6.60. The second-order valence-corrected chi connectivity index (χ2v) is 6.60. The van der Waals surface area contributed by atoms with Crippen LogP contribution in [0.2, 0.25) is 0 Å². The molecule has 1 aromatic heterocycles. The van der Waals surface area contributed by atoms with Gasteiger partial charge in [0.15, 0.2) is 5.75 Å². The SMILES string of the molecule is CCN1CCN(C(=O)Cn2nc(-c3ccc(OC)cc3)c(OC)cc2=O)CC1. The van der Waals surface area contributed by atoms with E-state index in [0.717, 1.165) is 30.9 Å². The number of hydrogen-bond donors (Lipinski definition) is 0. The summed E-state index contributed by atoms with van der Waals surface area (Å²) in [6.07, 6.45) is 0. The number of methoxy groups -OCH3 is 2. The molecule has 2 heterocycles. The Labute approximate surface area is 164 Å². The van der Waals surface area contributed by atoms with Crippen LogP contribution in [0.1, 0.15) is 6.92 Å². The van der Waals surface area contributed by atoms with Crippen molar-refractivity contribution in [1.29, 1.82) is 0 Å². The van der Waals surface area contributed by atoms with Crippen molar-refractivity contribution < 1.29 is 14.3 Å². The van der Waals surface area contributed by atoms with Gasteiger partial charge in [0.2, 0.25) is 5.91 Å². The van der Waals surface area contributed by atoms with E-state index < -0.39 is 0 Å². The minimum absolute atomic E-state index is 0.0852. The van der Waals surface area contributed by atoms with Gasteiger partial charge in [0.05, 0.1) is 14.2 Å². The van der Waals surface area contributed by atoms with Gasteiger partial charge in [-0.05, 0) is 30.8 Å². The third-order valence-corrected chi connectivity index (χ3v) is 5.00. The predicted octanol–water partition coefficient (Wildman–Crippen LogP) is 1.09. The maximum atomic E-state index is 12.7. The molecule has 28 heavy (non-hydrogen) atoms. The topological polar surface area (TPSA) is 76.9 Å². The van der Waals surface area contributed by atoms with Gasteiger partial charge in [0, 0.05) is 37.8 Å². The molecular formula is C20H26N4O4. The molecular weight excluding hydrogens is 360 g/mol. The Hall–Kier alpha value is -2.87. The second kappa shape index (κ2) is 8.88. The summed E-state index contributed by atoms with van der Waals surface area (Å²) in [7, 11) is 3.09. The molecule has 1 fully saturated rings. The van der Waals surface area contributed by atoms with Crippen LogP contribution < -0.4 is 15.0 Å². The molecule has 0 bridgehead atoms. The summed E-state index contributed by atoms with van der Waals surface area (Å²) in [5.74, 6) is 0.990. The molecule has 1 aliphatic rings. The minimum atomic E-state index is -0.366. The first kappa shape index (κ1) is 19.9. The van der Waals surface area contributed by atoms with Gasteiger partial charge in [-0.3, -0.25) is 9.59 Å². The van der Waals surface area contributed by atoms with Crippen molar-refractivity contribution in [2.24, 2.45) is 0 Å². The molecule has 0 radical (unpaired) electrons. The van der Waals surface area contributed by atoms with E-state index >= 15 is 0 Å². The first-order chi connectivity index (χ1) is 13.5. The average molecular weight is 386 g/mol. The Balaban J connectivity index is 1.83. The van der Waals surface area contributed by atoms with E-state index in [1.165, 1.54) is 17.9 Å². The fraction of sp³-hybridized carbons (Fsp3) is 0.450. The van der Waals surface area contributed by atoms with E-state index in [9.17, 15) is 9.59 Å². The number of nitrogens with zero attached hydrogens (tertiary/aromatic N) is 4. The van der Waals surface area contributed by atoms with Crippen molar-refractivity contribution in [3.63, 3.8) is 0 Å². The zero-order chi connectivity index (χ0) is 20.1. The third-order valence-electron chi connectivity index (χ3n) is 5.00. The minimum Gasteiger partial charge on any atom is -0.497 e. The molecule has 8 heteroatoms. The van der Waals surface area contributed by atoms with Crippen LogP contribution in [0.15, 0.2) is 35.1 Å². The number of ether oxygens (including phenoxy) is 2. The van der Waals surface area contributed by atoms with Gasteiger partial charge >= 0.3 is 0 Å². The maximum Gasteiger partial charge on any atom is 0.270 e. The molecule has 8 nitrogen and oxygen atoms in total. The number of rotatable bonds is 6. The van der Waals surface area contributed by atoms with Crippen molar-refractivity contribution >= 4 is 5.91 Å². The number of piperazine rings is 1. The van der Waals surface area contributed by atoms with E-state index in [0.29, 0.717) is 24.5 Å². The van der Waals surface area contributed by atoms with E-state index in [1.54, 1.807) is 12.0 Å². The Kier molecular flexibility index (Phi) is 6.30. The molecule has 0 unspecified atom stereocenters. The van der Waals surface area contributed by atoms with Gasteiger partial charge in [-0.1, -0.05) is 6.92 Å². The summed E-state index contributed by atoms with van der Waals surface area (Å²) in [5.41, 5.74) is 0.915. The molecule has 0 aliphatic carbocycles. The molecule has 1 aromatic carbocycles. The predicted molar refractivity (Wildman–Crippen MR) is 106 cm³/mol. The molecule has 150 valence electrons. The summed E-state index contributed by atoms with van der Waals surface area (Å²) in [5, 5.41) is 4.42. The quantitative estimate of drug-likeness (QED) is 0.740. The van der Waals surface area contributed by atoms with Crippen molar-refractivity contribution in [1.82, 2.24) is 19.6 Å². The summed E-state index contributed by atoms with van der Waals surface area (Å²) in [4.78, 5) is 29.2. The summed E-state index contributed by atoms with van der Waals surface area (Å²) >= 11 is 0. The van der Waals surface area contributed by atoms with Crippen LogP contribution in [-0.4, -0.2) is 72.4 Å². The third kappa shape index (κ3) is 4.33. The number of likely N-dealkylation sites (N-methyl/N-ethyl adjacent to an activating group) is 1. The van der Waals surface area contributed by atoms with Crippen molar-refractivity contribution in [3.05, 3.63) is 40.7 Å². The van der Waals surface area contributed by atoms with Gasteiger partial charge < -0.3 is 19.3 Å².